The Bertz CT molecular complexity index is 167. The van der Waals surface area contributed by atoms with Gasteiger partial charge in [-0.3, -0.25) is 4.79 Å². The third kappa shape index (κ3) is 3.07. The Hall–Kier alpha value is -0.790. The molecule has 68 valence electrons. The number of hydrogen-bond donors (Lipinski definition) is 0. The van der Waals surface area contributed by atoms with Crippen molar-refractivity contribution >= 4 is 5.97 Å². The van der Waals surface area contributed by atoms with Gasteiger partial charge in [-0.25, -0.2) is 0 Å². The molecule has 12 heavy (non-hydrogen) atoms. The molecule has 1 saturated carbocycles. The van der Waals surface area contributed by atoms with E-state index in [2.05, 4.69) is 10.8 Å². The van der Waals surface area contributed by atoms with Gasteiger partial charge < -0.3 is 4.74 Å². The number of hydrogen-bond acceptors (Lipinski definition) is 2. The van der Waals surface area contributed by atoms with Crippen molar-refractivity contribution < 1.29 is 9.53 Å². The summed E-state index contributed by atoms with van der Waals surface area (Å²) in [5.74, 6) is 0.568. The normalized spacial score (nSPS) is 18.8. The van der Waals surface area contributed by atoms with E-state index in [4.69, 9.17) is 0 Å². The first kappa shape index (κ1) is 9.30. The Labute approximate surface area is 73.6 Å². The standard InChI is InChI=1S/C10H16O2/c1-12-10(11)8-4-7-9-5-2-3-6-9/h4,7,9H,2-3,5-6,8H2,1H3/b7-4+. The molecule has 0 spiro atoms. The predicted molar refractivity (Wildman–Crippen MR) is 47.7 cm³/mol. The fraction of sp³-hybridized carbons (Fsp3) is 0.700. The molecule has 1 aliphatic rings. The molecule has 0 unspecified atom stereocenters. The summed E-state index contributed by atoms with van der Waals surface area (Å²) in [6, 6.07) is 0. The first-order valence-corrected chi connectivity index (χ1v) is 4.56. The van der Waals surface area contributed by atoms with Crippen LogP contribution in [0.5, 0.6) is 0 Å². The Morgan fingerprint density at radius 2 is 2.17 bits per heavy atom. The summed E-state index contributed by atoms with van der Waals surface area (Å²) in [4.78, 5) is 10.7. The Morgan fingerprint density at radius 1 is 1.50 bits per heavy atom. The van der Waals surface area contributed by atoms with Gasteiger partial charge in [0, 0.05) is 0 Å². The lowest BCUT2D eigenvalue weighted by molar-refractivity contribution is -0.139. The van der Waals surface area contributed by atoms with Crippen LogP contribution in [0.25, 0.3) is 0 Å². The summed E-state index contributed by atoms with van der Waals surface area (Å²) in [5.41, 5.74) is 0. The van der Waals surface area contributed by atoms with Gasteiger partial charge >= 0.3 is 5.97 Å². The SMILES string of the molecule is COC(=O)C/C=C/C1CCCC1. The summed E-state index contributed by atoms with van der Waals surface area (Å²) in [6.45, 7) is 0. The molecule has 2 nitrogen and oxygen atoms in total. The highest BCUT2D eigenvalue weighted by Gasteiger charge is 2.10. The minimum atomic E-state index is -0.149. The van der Waals surface area contributed by atoms with Crippen LogP contribution in [0.4, 0.5) is 0 Å². The van der Waals surface area contributed by atoms with Gasteiger partial charge in [-0.2, -0.15) is 0 Å². The van der Waals surface area contributed by atoms with Gasteiger partial charge in [0.25, 0.3) is 0 Å². The van der Waals surface area contributed by atoms with E-state index in [-0.39, 0.29) is 5.97 Å². The highest BCUT2D eigenvalue weighted by Crippen LogP contribution is 2.25. The van der Waals surface area contributed by atoms with E-state index < -0.39 is 0 Å². The molecule has 0 heterocycles. The number of carbonyl (C=O) groups excluding carboxylic acids is 1. The maximum Gasteiger partial charge on any atom is 0.309 e. The monoisotopic (exact) mass is 168 g/mol. The molecule has 1 rings (SSSR count). The second kappa shape index (κ2) is 4.96. The summed E-state index contributed by atoms with van der Waals surface area (Å²) in [7, 11) is 1.42. The molecule has 0 aromatic carbocycles. The number of ether oxygens (including phenoxy) is 1. The minimum Gasteiger partial charge on any atom is -0.469 e. The van der Waals surface area contributed by atoms with Gasteiger partial charge in [-0.1, -0.05) is 25.0 Å². The largest absolute Gasteiger partial charge is 0.469 e. The fourth-order valence-electron chi connectivity index (χ4n) is 1.59. The highest BCUT2D eigenvalue weighted by atomic mass is 16.5. The van der Waals surface area contributed by atoms with Crippen LogP contribution in [0.2, 0.25) is 0 Å². The van der Waals surface area contributed by atoms with Crippen molar-refractivity contribution in [1.29, 1.82) is 0 Å². The average Bonchev–Trinajstić information content (AvgIpc) is 2.57. The zero-order valence-corrected chi connectivity index (χ0v) is 7.58. The van der Waals surface area contributed by atoms with Gasteiger partial charge in [-0.05, 0) is 18.8 Å². The van der Waals surface area contributed by atoms with E-state index in [0.29, 0.717) is 6.42 Å². The second-order valence-electron chi connectivity index (χ2n) is 3.25. The quantitative estimate of drug-likeness (QED) is 0.477. The smallest absolute Gasteiger partial charge is 0.309 e. The fourth-order valence-corrected chi connectivity index (χ4v) is 1.59. The first-order valence-electron chi connectivity index (χ1n) is 4.56. The molecule has 0 N–H and O–H groups in total. The van der Waals surface area contributed by atoms with Crippen LogP contribution in [0.3, 0.4) is 0 Å². The second-order valence-corrected chi connectivity index (χ2v) is 3.25. The van der Waals surface area contributed by atoms with E-state index in [0.717, 1.165) is 5.92 Å². The Morgan fingerprint density at radius 3 is 2.75 bits per heavy atom. The molecule has 1 fully saturated rings. The molecular weight excluding hydrogens is 152 g/mol. The molecule has 0 aliphatic heterocycles. The van der Waals surface area contributed by atoms with Crippen LogP contribution >= 0.6 is 0 Å². The van der Waals surface area contributed by atoms with E-state index >= 15 is 0 Å². The summed E-state index contributed by atoms with van der Waals surface area (Å²) in [5, 5.41) is 0. The Kier molecular flexibility index (Phi) is 3.85. The summed E-state index contributed by atoms with van der Waals surface area (Å²) in [6.07, 6.45) is 9.77. The first-order chi connectivity index (χ1) is 5.83. The van der Waals surface area contributed by atoms with Crippen molar-refractivity contribution in [3.8, 4) is 0 Å². The average molecular weight is 168 g/mol. The molecule has 0 bridgehead atoms. The van der Waals surface area contributed by atoms with Crippen LogP contribution in [-0.4, -0.2) is 13.1 Å². The molecule has 0 aromatic rings. The lowest BCUT2D eigenvalue weighted by atomic mass is 10.1. The minimum absolute atomic E-state index is 0.149. The van der Waals surface area contributed by atoms with Crippen molar-refractivity contribution in [2.24, 2.45) is 5.92 Å². The van der Waals surface area contributed by atoms with Crippen LogP contribution in [0, 0.1) is 5.92 Å². The van der Waals surface area contributed by atoms with Crippen LogP contribution in [-0.2, 0) is 9.53 Å². The van der Waals surface area contributed by atoms with Gasteiger partial charge in [-0.15, -0.1) is 0 Å². The third-order valence-corrected chi connectivity index (χ3v) is 2.32. The van der Waals surface area contributed by atoms with Gasteiger partial charge in [0.2, 0.25) is 0 Å². The molecule has 0 atom stereocenters. The van der Waals surface area contributed by atoms with Crippen LogP contribution in [0.1, 0.15) is 32.1 Å². The van der Waals surface area contributed by atoms with Crippen molar-refractivity contribution in [3.05, 3.63) is 12.2 Å². The highest BCUT2D eigenvalue weighted by molar-refractivity contribution is 5.70. The van der Waals surface area contributed by atoms with E-state index in [1.54, 1.807) is 0 Å². The van der Waals surface area contributed by atoms with Crippen molar-refractivity contribution in [1.82, 2.24) is 0 Å². The zero-order chi connectivity index (χ0) is 8.81. The van der Waals surface area contributed by atoms with Crippen molar-refractivity contribution in [2.45, 2.75) is 32.1 Å². The van der Waals surface area contributed by atoms with Crippen molar-refractivity contribution in [3.63, 3.8) is 0 Å². The number of allylic oxidation sites excluding steroid dienone is 1. The van der Waals surface area contributed by atoms with Crippen molar-refractivity contribution in [2.75, 3.05) is 7.11 Å². The molecular formula is C10H16O2. The maximum atomic E-state index is 10.7. The van der Waals surface area contributed by atoms with Crippen LogP contribution < -0.4 is 0 Å². The van der Waals surface area contributed by atoms with E-state index in [1.807, 2.05) is 6.08 Å². The molecule has 0 amide bonds. The third-order valence-electron chi connectivity index (χ3n) is 2.32. The summed E-state index contributed by atoms with van der Waals surface area (Å²) < 4.78 is 4.52. The van der Waals surface area contributed by atoms with Gasteiger partial charge in [0.1, 0.15) is 0 Å². The lowest BCUT2D eigenvalue weighted by Gasteiger charge is -1.99. The zero-order valence-electron chi connectivity index (χ0n) is 7.58. The van der Waals surface area contributed by atoms with Gasteiger partial charge in [0.15, 0.2) is 0 Å². The molecule has 0 saturated heterocycles. The number of carbonyl (C=O) groups is 1. The lowest BCUT2D eigenvalue weighted by Crippen LogP contribution is -1.97. The molecule has 0 radical (unpaired) electrons. The Balaban J connectivity index is 2.16. The number of rotatable bonds is 3. The molecule has 0 aromatic heterocycles. The maximum absolute atomic E-state index is 10.7. The molecule has 1 aliphatic carbocycles. The summed E-state index contributed by atoms with van der Waals surface area (Å²) >= 11 is 0. The topological polar surface area (TPSA) is 26.3 Å². The van der Waals surface area contributed by atoms with E-state index in [1.165, 1.54) is 32.8 Å². The van der Waals surface area contributed by atoms with E-state index in [9.17, 15) is 4.79 Å². The number of methoxy groups -OCH3 is 1. The number of esters is 1. The van der Waals surface area contributed by atoms with Gasteiger partial charge in [0.05, 0.1) is 13.5 Å². The predicted octanol–water partition coefficient (Wildman–Crippen LogP) is 2.30. The molecule has 2 heteroatoms. The van der Waals surface area contributed by atoms with Crippen LogP contribution in [0.15, 0.2) is 12.2 Å².